The van der Waals surface area contributed by atoms with Crippen LogP contribution < -0.4 is 5.32 Å². The Morgan fingerprint density at radius 1 is 1.37 bits per heavy atom. The third kappa shape index (κ3) is 3.27. The zero-order valence-corrected chi connectivity index (χ0v) is 10.3. The molecule has 1 aromatic heterocycles. The summed E-state index contributed by atoms with van der Waals surface area (Å²) in [6.07, 6.45) is 4.67. The number of carboxylic acid groups (broad SMARTS) is 1. The summed E-state index contributed by atoms with van der Waals surface area (Å²) in [6, 6.07) is 1.38. The van der Waals surface area contributed by atoms with E-state index in [1.165, 1.54) is 12.3 Å². The maximum absolute atomic E-state index is 13.4. The lowest BCUT2D eigenvalue weighted by Gasteiger charge is -2.25. The molecule has 2 unspecified atom stereocenters. The molecule has 0 spiro atoms. The van der Waals surface area contributed by atoms with E-state index in [1.807, 2.05) is 0 Å². The van der Waals surface area contributed by atoms with E-state index in [0.29, 0.717) is 25.7 Å². The Morgan fingerprint density at radius 2 is 2.11 bits per heavy atom. The second-order valence-electron chi connectivity index (χ2n) is 4.74. The second-order valence-corrected chi connectivity index (χ2v) is 4.74. The van der Waals surface area contributed by atoms with Crippen LogP contribution in [0, 0.1) is 17.7 Å². The highest BCUT2D eigenvalue weighted by Crippen LogP contribution is 2.30. The number of rotatable bonds is 3. The Bertz CT molecular complexity index is 493. The van der Waals surface area contributed by atoms with E-state index in [4.69, 9.17) is 5.11 Å². The predicted molar refractivity (Wildman–Crippen MR) is 65.9 cm³/mol. The van der Waals surface area contributed by atoms with Gasteiger partial charge in [0, 0.05) is 12.1 Å². The number of anilines is 1. The van der Waals surface area contributed by atoms with Crippen molar-refractivity contribution in [1.29, 1.82) is 0 Å². The molecule has 19 heavy (non-hydrogen) atoms. The van der Waals surface area contributed by atoms with E-state index in [0.717, 1.165) is 6.20 Å². The number of carbonyl (C=O) groups is 2. The molecule has 2 rings (SSSR count). The van der Waals surface area contributed by atoms with Crippen LogP contribution in [0.1, 0.15) is 25.7 Å². The van der Waals surface area contributed by atoms with Crippen molar-refractivity contribution in [2.75, 3.05) is 5.32 Å². The van der Waals surface area contributed by atoms with Gasteiger partial charge in [0.25, 0.3) is 0 Å². The van der Waals surface area contributed by atoms with Crippen LogP contribution in [0.5, 0.6) is 0 Å². The molecule has 1 aliphatic rings. The van der Waals surface area contributed by atoms with E-state index in [-0.39, 0.29) is 17.5 Å². The number of aromatic nitrogens is 1. The number of carbonyl (C=O) groups excluding carboxylic acids is 1. The van der Waals surface area contributed by atoms with E-state index in [2.05, 4.69) is 10.3 Å². The lowest BCUT2D eigenvalue weighted by Crippen LogP contribution is -2.31. The molecule has 1 aromatic rings. The van der Waals surface area contributed by atoms with Crippen LogP contribution in [0.4, 0.5) is 10.1 Å². The van der Waals surface area contributed by atoms with Crippen LogP contribution in [0.2, 0.25) is 0 Å². The molecule has 0 radical (unpaired) electrons. The first-order valence-corrected chi connectivity index (χ1v) is 6.21. The van der Waals surface area contributed by atoms with Crippen molar-refractivity contribution in [2.45, 2.75) is 25.7 Å². The first-order valence-electron chi connectivity index (χ1n) is 6.21. The molecule has 2 N–H and O–H groups in total. The average Bonchev–Trinajstić information content (AvgIpc) is 2.41. The lowest BCUT2D eigenvalue weighted by atomic mass is 9.81. The number of carboxylic acids is 1. The Labute approximate surface area is 109 Å². The number of nitrogens with zero attached hydrogens (tertiary/aromatic N) is 1. The highest BCUT2D eigenvalue weighted by atomic mass is 19.1. The molecule has 6 heteroatoms. The van der Waals surface area contributed by atoms with Gasteiger partial charge in [-0.3, -0.25) is 14.6 Å². The third-order valence-corrected chi connectivity index (χ3v) is 3.42. The zero-order valence-electron chi connectivity index (χ0n) is 10.3. The molecule has 1 heterocycles. The van der Waals surface area contributed by atoms with Crippen LogP contribution in [0.15, 0.2) is 18.5 Å². The van der Waals surface area contributed by atoms with Gasteiger partial charge in [-0.05, 0) is 25.3 Å². The molecule has 1 fully saturated rings. The summed E-state index contributed by atoms with van der Waals surface area (Å²) >= 11 is 0. The molecule has 5 nitrogen and oxygen atoms in total. The number of pyridine rings is 1. The van der Waals surface area contributed by atoms with Gasteiger partial charge in [0.1, 0.15) is 0 Å². The number of nitrogens with one attached hydrogen (secondary N) is 1. The van der Waals surface area contributed by atoms with Crippen molar-refractivity contribution in [2.24, 2.45) is 11.8 Å². The summed E-state index contributed by atoms with van der Waals surface area (Å²) in [7, 11) is 0. The van der Waals surface area contributed by atoms with Crippen LogP contribution in [-0.4, -0.2) is 22.0 Å². The quantitative estimate of drug-likeness (QED) is 0.877. The van der Waals surface area contributed by atoms with Gasteiger partial charge in [0.2, 0.25) is 5.91 Å². The molecule has 1 saturated carbocycles. The molecule has 102 valence electrons. The minimum atomic E-state index is -0.868. The van der Waals surface area contributed by atoms with Gasteiger partial charge < -0.3 is 10.4 Å². The van der Waals surface area contributed by atoms with Crippen LogP contribution in [0.3, 0.4) is 0 Å². The zero-order chi connectivity index (χ0) is 13.8. The Morgan fingerprint density at radius 3 is 2.79 bits per heavy atom. The van der Waals surface area contributed by atoms with E-state index < -0.39 is 17.7 Å². The number of aliphatic carboxylic acids is 1. The molecule has 1 amide bonds. The minimum Gasteiger partial charge on any atom is -0.481 e. The molecular formula is C13H15FN2O3. The monoisotopic (exact) mass is 266 g/mol. The van der Waals surface area contributed by atoms with Gasteiger partial charge in [-0.1, -0.05) is 6.42 Å². The molecule has 0 aliphatic heterocycles. The summed E-state index contributed by atoms with van der Waals surface area (Å²) in [5.41, 5.74) is 0.0810. The summed E-state index contributed by atoms with van der Waals surface area (Å²) in [6.45, 7) is 0. The van der Waals surface area contributed by atoms with Gasteiger partial charge in [-0.15, -0.1) is 0 Å². The minimum absolute atomic E-state index is 0.0810. The molecule has 2 atom stereocenters. The van der Waals surface area contributed by atoms with E-state index in [1.54, 1.807) is 0 Å². The fourth-order valence-electron chi connectivity index (χ4n) is 2.36. The summed E-state index contributed by atoms with van der Waals surface area (Å²) < 4.78 is 13.4. The van der Waals surface area contributed by atoms with Crippen LogP contribution in [0.25, 0.3) is 0 Å². The molecular weight excluding hydrogens is 251 g/mol. The van der Waals surface area contributed by atoms with Crippen LogP contribution in [-0.2, 0) is 9.59 Å². The maximum atomic E-state index is 13.4. The van der Waals surface area contributed by atoms with E-state index in [9.17, 15) is 14.0 Å². The molecule has 0 bridgehead atoms. The maximum Gasteiger partial charge on any atom is 0.306 e. The number of hydrogen-bond acceptors (Lipinski definition) is 3. The number of halogens is 1. The van der Waals surface area contributed by atoms with Gasteiger partial charge in [0.05, 0.1) is 17.8 Å². The fourth-order valence-corrected chi connectivity index (χ4v) is 2.36. The first kappa shape index (κ1) is 13.5. The fraction of sp³-hybridized carbons (Fsp3) is 0.462. The van der Waals surface area contributed by atoms with Crippen molar-refractivity contribution in [3.05, 3.63) is 24.3 Å². The number of hydrogen-bond donors (Lipinski definition) is 2. The Hall–Kier alpha value is -1.98. The Kier molecular flexibility index (Phi) is 4.09. The summed E-state index contributed by atoms with van der Waals surface area (Å²) in [5, 5.41) is 11.5. The molecule has 0 aromatic carbocycles. The average molecular weight is 266 g/mol. The van der Waals surface area contributed by atoms with Crippen molar-refractivity contribution in [1.82, 2.24) is 4.98 Å². The van der Waals surface area contributed by atoms with Crippen LogP contribution >= 0.6 is 0 Å². The van der Waals surface area contributed by atoms with Gasteiger partial charge in [-0.25, -0.2) is 4.39 Å². The van der Waals surface area contributed by atoms with Crippen molar-refractivity contribution in [3.63, 3.8) is 0 Å². The van der Waals surface area contributed by atoms with Gasteiger partial charge in [-0.2, -0.15) is 0 Å². The standard InChI is InChI=1S/C13H15FN2O3/c14-10-7-15-5-4-11(10)16-12(17)8-2-1-3-9(6-8)13(18)19/h4-5,7-9H,1-3,6H2,(H,18,19)(H,15,16,17). The van der Waals surface area contributed by atoms with E-state index >= 15 is 0 Å². The normalized spacial score (nSPS) is 22.8. The topological polar surface area (TPSA) is 79.3 Å². The number of amides is 1. The van der Waals surface area contributed by atoms with Crippen molar-refractivity contribution >= 4 is 17.6 Å². The largest absolute Gasteiger partial charge is 0.481 e. The van der Waals surface area contributed by atoms with Gasteiger partial charge in [0.15, 0.2) is 5.82 Å². The summed E-state index contributed by atoms with van der Waals surface area (Å²) in [4.78, 5) is 26.5. The summed E-state index contributed by atoms with van der Waals surface area (Å²) in [5.74, 6) is -2.64. The van der Waals surface area contributed by atoms with Crippen molar-refractivity contribution < 1.29 is 19.1 Å². The lowest BCUT2D eigenvalue weighted by molar-refractivity contribution is -0.143. The van der Waals surface area contributed by atoms with Crippen molar-refractivity contribution in [3.8, 4) is 0 Å². The smallest absolute Gasteiger partial charge is 0.306 e. The van der Waals surface area contributed by atoms with Gasteiger partial charge >= 0.3 is 5.97 Å². The first-order chi connectivity index (χ1) is 9.08. The molecule has 0 saturated heterocycles. The predicted octanol–water partition coefficient (Wildman–Crippen LogP) is 2.05. The molecule has 1 aliphatic carbocycles. The second kappa shape index (κ2) is 5.77. The Balaban J connectivity index is 2.00. The highest BCUT2D eigenvalue weighted by Gasteiger charge is 2.31. The third-order valence-electron chi connectivity index (χ3n) is 3.42. The highest BCUT2D eigenvalue weighted by molar-refractivity contribution is 5.93. The SMILES string of the molecule is O=C(O)C1CCCC(C(=O)Nc2ccncc2F)C1.